The van der Waals surface area contributed by atoms with Crippen LogP contribution in [0.2, 0.25) is 5.02 Å². The molecule has 2 amide bonds. The number of urea groups is 1. The van der Waals surface area contributed by atoms with Crippen molar-refractivity contribution in [1.82, 2.24) is 0 Å². The van der Waals surface area contributed by atoms with Crippen LogP contribution in [0, 0.1) is 0 Å². The van der Waals surface area contributed by atoms with Gasteiger partial charge in [0, 0.05) is 10.7 Å². The molecule has 126 valence electrons. The highest BCUT2D eigenvalue weighted by atomic mass is 35.5. The van der Waals surface area contributed by atoms with Crippen molar-refractivity contribution in [3.63, 3.8) is 0 Å². The molecule has 2 N–H and O–H groups in total. The van der Waals surface area contributed by atoms with E-state index >= 15 is 0 Å². The number of carbonyl (C=O) groups excluding carboxylic acids is 1. The molecule has 0 aliphatic rings. The van der Waals surface area contributed by atoms with Crippen LogP contribution in [0.1, 0.15) is 5.56 Å². The SMILES string of the molecule is O=C(Nc1cccc(Cl)c1)Nc1ccccc1OCc1ccccc1. The number of anilines is 2. The molecule has 3 rings (SSSR count). The van der Waals surface area contributed by atoms with Gasteiger partial charge in [-0.3, -0.25) is 0 Å². The van der Waals surface area contributed by atoms with E-state index in [4.69, 9.17) is 16.3 Å². The van der Waals surface area contributed by atoms with Crippen LogP contribution < -0.4 is 15.4 Å². The molecule has 4 nitrogen and oxygen atoms in total. The predicted octanol–water partition coefficient (Wildman–Crippen LogP) is 5.56. The number of rotatable bonds is 5. The molecule has 0 aliphatic carbocycles. The normalized spacial score (nSPS) is 10.1. The van der Waals surface area contributed by atoms with Crippen LogP contribution in [-0.4, -0.2) is 6.03 Å². The van der Waals surface area contributed by atoms with Crippen molar-refractivity contribution in [3.8, 4) is 5.75 Å². The van der Waals surface area contributed by atoms with Crippen molar-refractivity contribution in [3.05, 3.63) is 89.4 Å². The zero-order chi connectivity index (χ0) is 17.5. The van der Waals surface area contributed by atoms with Crippen molar-refractivity contribution < 1.29 is 9.53 Å². The maximum atomic E-state index is 12.2. The van der Waals surface area contributed by atoms with Crippen LogP contribution in [-0.2, 0) is 6.61 Å². The molecule has 0 aromatic heterocycles. The zero-order valence-corrected chi connectivity index (χ0v) is 14.2. The van der Waals surface area contributed by atoms with E-state index in [2.05, 4.69) is 10.6 Å². The summed E-state index contributed by atoms with van der Waals surface area (Å²) in [6.07, 6.45) is 0. The summed E-state index contributed by atoms with van der Waals surface area (Å²) in [5.41, 5.74) is 2.27. The van der Waals surface area contributed by atoms with E-state index in [0.29, 0.717) is 28.8 Å². The summed E-state index contributed by atoms with van der Waals surface area (Å²) < 4.78 is 5.83. The summed E-state index contributed by atoms with van der Waals surface area (Å²) in [6.45, 7) is 0.426. The minimum atomic E-state index is -0.363. The fourth-order valence-electron chi connectivity index (χ4n) is 2.28. The monoisotopic (exact) mass is 352 g/mol. The molecular weight excluding hydrogens is 336 g/mol. The van der Waals surface area contributed by atoms with Gasteiger partial charge in [-0.25, -0.2) is 4.79 Å². The van der Waals surface area contributed by atoms with Crippen molar-refractivity contribution in [2.45, 2.75) is 6.61 Å². The molecule has 5 heteroatoms. The minimum Gasteiger partial charge on any atom is -0.487 e. The summed E-state index contributed by atoms with van der Waals surface area (Å²) in [6, 6.07) is 23.8. The van der Waals surface area contributed by atoms with Gasteiger partial charge in [-0.05, 0) is 35.9 Å². The largest absolute Gasteiger partial charge is 0.487 e. The van der Waals surface area contributed by atoms with Crippen LogP contribution in [0.5, 0.6) is 5.75 Å². The third-order valence-electron chi connectivity index (χ3n) is 3.45. The molecule has 0 radical (unpaired) electrons. The molecule has 0 spiro atoms. The maximum absolute atomic E-state index is 12.2. The average molecular weight is 353 g/mol. The first kappa shape index (κ1) is 16.9. The molecule has 0 saturated heterocycles. The van der Waals surface area contributed by atoms with Gasteiger partial charge in [-0.15, -0.1) is 0 Å². The number of hydrogen-bond donors (Lipinski definition) is 2. The lowest BCUT2D eigenvalue weighted by Gasteiger charge is -2.13. The highest BCUT2D eigenvalue weighted by Crippen LogP contribution is 2.25. The Hall–Kier alpha value is -2.98. The predicted molar refractivity (Wildman–Crippen MR) is 101 cm³/mol. The molecule has 3 aromatic rings. The zero-order valence-electron chi connectivity index (χ0n) is 13.4. The Kier molecular flexibility index (Phi) is 5.54. The van der Waals surface area contributed by atoms with Gasteiger partial charge in [0.2, 0.25) is 0 Å². The van der Waals surface area contributed by atoms with Crippen LogP contribution >= 0.6 is 11.6 Å². The van der Waals surface area contributed by atoms with Crippen molar-refractivity contribution >= 4 is 29.0 Å². The maximum Gasteiger partial charge on any atom is 0.323 e. The quantitative estimate of drug-likeness (QED) is 0.631. The molecule has 25 heavy (non-hydrogen) atoms. The lowest BCUT2D eigenvalue weighted by Crippen LogP contribution is -2.19. The molecule has 0 aliphatic heterocycles. The van der Waals surface area contributed by atoms with Gasteiger partial charge in [0.1, 0.15) is 12.4 Å². The lowest BCUT2D eigenvalue weighted by molar-refractivity contribution is 0.261. The molecular formula is C20H17ClN2O2. The number of halogens is 1. The van der Waals surface area contributed by atoms with Crippen molar-refractivity contribution in [2.75, 3.05) is 10.6 Å². The van der Waals surface area contributed by atoms with E-state index in [9.17, 15) is 4.79 Å². The Morgan fingerprint density at radius 2 is 1.64 bits per heavy atom. The Balaban J connectivity index is 1.65. The summed E-state index contributed by atoms with van der Waals surface area (Å²) in [4.78, 5) is 12.2. The number of nitrogens with one attached hydrogen (secondary N) is 2. The number of amides is 2. The topological polar surface area (TPSA) is 50.4 Å². The first-order valence-corrected chi connectivity index (χ1v) is 8.18. The van der Waals surface area contributed by atoms with E-state index in [1.165, 1.54) is 0 Å². The standard InChI is InChI=1S/C20H17ClN2O2/c21-16-9-6-10-17(13-16)22-20(24)23-18-11-4-5-12-19(18)25-14-15-7-2-1-3-8-15/h1-13H,14H2,(H2,22,23,24). The first-order valence-electron chi connectivity index (χ1n) is 7.80. The van der Waals surface area contributed by atoms with Crippen molar-refractivity contribution in [2.24, 2.45) is 0 Å². The molecule has 0 atom stereocenters. The Labute approximate surface area is 151 Å². The summed E-state index contributed by atoms with van der Waals surface area (Å²) in [5, 5.41) is 6.10. The van der Waals surface area contributed by atoms with Crippen molar-refractivity contribution in [1.29, 1.82) is 0 Å². The molecule has 0 fully saturated rings. The summed E-state index contributed by atoms with van der Waals surface area (Å²) in [5.74, 6) is 0.604. The summed E-state index contributed by atoms with van der Waals surface area (Å²) in [7, 11) is 0. The number of para-hydroxylation sites is 2. The van der Waals surface area contributed by atoms with Gasteiger partial charge in [0.05, 0.1) is 5.69 Å². The molecule has 0 saturated carbocycles. The number of carbonyl (C=O) groups is 1. The van der Waals surface area contributed by atoms with Gasteiger partial charge >= 0.3 is 6.03 Å². The van der Waals surface area contributed by atoms with E-state index < -0.39 is 0 Å². The molecule has 0 bridgehead atoms. The third-order valence-corrected chi connectivity index (χ3v) is 3.69. The number of benzene rings is 3. The van der Waals surface area contributed by atoms with Gasteiger partial charge in [0.25, 0.3) is 0 Å². The van der Waals surface area contributed by atoms with Gasteiger partial charge in [0.15, 0.2) is 0 Å². The Morgan fingerprint density at radius 3 is 2.44 bits per heavy atom. The minimum absolute atomic E-state index is 0.363. The second-order valence-electron chi connectivity index (χ2n) is 5.36. The Bertz CT molecular complexity index is 853. The van der Waals surface area contributed by atoms with E-state index in [1.807, 2.05) is 48.5 Å². The average Bonchev–Trinajstić information content (AvgIpc) is 2.62. The van der Waals surface area contributed by atoms with Gasteiger partial charge in [-0.1, -0.05) is 60.1 Å². The van der Waals surface area contributed by atoms with Crippen LogP contribution in [0.15, 0.2) is 78.9 Å². The van der Waals surface area contributed by atoms with E-state index in [0.717, 1.165) is 5.56 Å². The molecule has 3 aromatic carbocycles. The molecule has 0 heterocycles. The van der Waals surface area contributed by atoms with Crippen LogP contribution in [0.25, 0.3) is 0 Å². The summed E-state index contributed by atoms with van der Waals surface area (Å²) >= 11 is 5.92. The van der Waals surface area contributed by atoms with Crippen LogP contribution in [0.3, 0.4) is 0 Å². The number of hydrogen-bond acceptors (Lipinski definition) is 2. The van der Waals surface area contributed by atoms with Crippen LogP contribution in [0.4, 0.5) is 16.2 Å². The second kappa shape index (κ2) is 8.22. The first-order chi connectivity index (χ1) is 12.2. The number of ether oxygens (including phenoxy) is 1. The van der Waals surface area contributed by atoms with E-state index in [1.54, 1.807) is 30.3 Å². The Morgan fingerprint density at radius 1 is 0.880 bits per heavy atom. The fraction of sp³-hybridized carbons (Fsp3) is 0.0500. The third kappa shape index (κ3) is 4.99. The smallest absolute Gasteiger partial charge is 0.323 e. The highest BCUT2D eigenvalue weighted by molar-refractivity contribution is 6.30. The molecule has 0 unspecified atom stereocenters. The van der Waals surface area contributed by atoms with E-state index in [-0.39, 0.29) is 6.03 Å². The highest BCUT2D eigenvalue weighted by Gasteiger charge is 2.08. The fourth-order valence-corrected chi connectivity index (χ4v) is 2.47. The second-order valence-corrected chi connectivity index (χ2v) is 5.80. The van der Waals surface area contributed by atoms with Gasteiger partial charge < -0.3 is 15.4 Å². The van der Waals surface area contributed by atoms with Gasteiger partial charge in [-0.2, -0.15) is 0 Å². The lowest BCUT2D eigenvalue weighted by atomic mass is 10.2.